The van der Waals surface area contributed by atoms with Gasteiger partial charge in [0, 0.05) is 6.07 Å². The van der Waals surface area contributed by atoms with Crippen molar-refractivity contribution < 1.29 is 0 Å². The zero-order valence-electron chi connectivity index (χ0n) is 10.8. The third kappa shape index (κ3) is 3.58. The molecule has 0 fully saturated rings. The summed E-state index contributed by atoms with van der Waals surface area (Å²) >= 11 is 6.96. The van der Waals surface area contributed by atoms with Crippen LogP contribution in [0.2, 0.25) is 0 Å². The summed E-state index contributed by atoms with van der Waals surface area (Å²) in [6.07, 6.45) is 2.28. The molecule has 0 unspecified atom stereocenters. The first-order chi connectivity index (χ1) is 9.22. The average molecular weight is 292 g/mol. The molecule has 2 rings (SSSR count). The lowest BCUT2D eigenvalue weighted by atomic mass is 10.3. The summed E-state index contributed by atoms with van der Waals surface area (Å²) in [6, 6.07) is 11.1. The van der Waals surface area contributed by atoms with E-state index < -0.39 is 0 Å². The fourth-order valence-corrected chi connectivity index (χ4v) is 2.89. The molecule has 0 aliphatic rings. The maximum Gasteiger partial charge on any atom is 0.271 e. The second kappa shape index (κ2) is 6.73. The van der Waals surface area contributed by atoms with Crippen LogP contribution in [0.3, 0.4) is 0 Å². The van der Waals surface area contributed by atoms with Gasteiger partial charge in [0.2, 0.25) is 0 Å². The van der Waals surface area contributed by atoms with Crippen LogP contribution in [-0.4, -0.2) is 19.7 Å². The van der Waals surface area contributed by atoms with Crippen LogP contribution < -0.4 is 5.56 Å². The molecule has 0 saturated carbocycles. The van der Waals surface area contributed by atoms with Crippen LogP contribution in [0.1, 0.15) is 25.5 Å². The van der Waals surface area contributed by atoms with Crippen LogP contribution in [0.5, 0.6) is 0 Å². The Labute approximate surface area is 122 Å². The van der Waals surface area contributed by atoms with Gasteiger partial charge in [-0.2, -0.15) is 0 Å². The van der Waals surface area contributed by atoms with Crippen molar-refractivity contribution in [1.82, 2.24) is 9.78 Å². The topological polar surface area (TPSA) is 37.8 Å². The largest absolute Gasteiger partial charge is 0.289 e. The molecule has 0 bridgehead atoms. The van der Waals surface area contributed by atoms with E-state index in [1.165, 1.54) is 4.68 Å². The first-order valence-electron chi connectivity index (χ1n) is 6.27. The second-order valence-corrected chi connectivity index (χ2v) is 5.94. The van der Waals surface area contributed by atoms with Gasteiger partial charge in [-0.15, -0.1) is 11.8 Å². The number of benzene rings is 1. The number of para-hydroxylation sites is 1. The van der Waals surface area contributed by atoms with Gasteiger partial charge in [-0.05, 0) is 24.3 Å². The number of thiocarbonyl (C=S) groups is 1. The van der Waals surface area contributed by atoms with Gasteiger partial charge in [0.15, 0.2) is 0 Å². The lowest BCUT2D eigenvalue weighted by Gasteiger charge is -2.02. The summed E-state index contributed by atoms with van der Waals surface area (Å²) in [5.41, 5.74) is 1.46. The molecule has 1 N–H and O–H groups in total. The number of hydrogen-bond acceptors (Lipinski definition) is 3. The second-order valence-electron chi connectivity index (χ2n) is 4.17. The van der Waals surface area contributed by atoms with E-state index >= 15 is 0 Å². The number of hydrogen-bond donors (Lipinski definition) is 1. The van der Waals surface area contributed by atoms with Gasteiger partial charge in [-0.3, -0.25) is 9.89 Å². The van der Waals surface area contributed by atoms with Gasteiger partial charge in [0.05, 0.1) is 15.6 Å². The van der Waals surface area contributed by atoms with Crippen molar-refractivity contribution in [3.8, 4) is 5.69 Å². The van der Waals surface area contributed by atoms with E-state index in [1.807, 2.05) is 30.3 Å². The summed E-state index contributed by atoms with van der Waals surface area (Å²) in [6.45, 7) is 2.15. The Morgan fingerprint density at radius 3 is 2.79 bits per heavy atom. The van der Waals surface area contributed by atoms with Crippen LogP contribution in [0.4, 0.5) is 0 Å². The third-order valence-electron chi connectivity index (χ3n) is 2.69. The Bertz CT molecular complexity index is 601. The van der Waals surface area contributed by atoms with Crippen molar-refractivity contribution in [3.63, 3.8) is 0 Å². The molecule has 2 aromatic rings. The molecule has 0 radical (unpaired) electrons. The standard InChI is InChI=1S/C14H16N2OS2/c1-2-3-9-19-14(18)12-10-13(17)16(15-12)11-7-5-4-6-8-11/h4-8,10,15H,2-3,9H2,1H3. The fraction of sp³-hybridized carbons (Fsp3) is 0.286. The number of aromatic nitrogens is 2. The van der Waals surface area contributed by atoms with E-state index in [-0.39, 0.29) is 5.56 Å². The maximum atomic E-state index is 11.9. The molecule has 0 saturated heterocycles. The SMILES string of the molecule is CCCCSC(=S)c1cc(=O)n(-c2ccccc2)[nH]1. The van der Waals surface area contributed by atoms with Crippen LogP contribution in [0, 0.1) is 0 Å². The van der Waals surface area contributed by atoms with Crippen molar-refractivity contribution in [1.29, 1.82) is 0 Å². The zero-order chi connectivity index (χ0) is 13.7. The van der Waals surface area contributed by atoms with Gasteiger partial charge in [-0.25, -0.2) is 4.68 Å². The highest BCUT2D eigenvalue weighted by Crippen LogP contribution is 2.14. The molecular formula is C14H16N2OS2. The predicted molar refractivity (Wildman–Crippen MR) is 85.5 cm³/mol. The Hall–Kier alpha value is -1.33. The number of aromatic amines is 1. The van der Waals surface area contributed by atoms with E-state index in [2.05, 4.69) is 12.0 Å². The number of nitrogens with zero attached hydrogens (tertiary/aromatic N) is 1. The van der Waals surface area contributed by atoms with Crippen LogP contribution >= 0.6 is 24.0 Å². The highest BCUT2D eigenvalue weighted by Gasteiger charge is 2.09. The first-order valence-corrected chi connectivity index (χ1v) is 7.66. The minimum atomic E-state index is -0.0837. The molecular weight excluding hydrogens is 276 g/mol. The van der Waals surface area contributed by atoms with Crippen molar-refractivity contribution in [2.75, 3.05) is 5.75 Å². The third-order valence-corrected chi connectivity index (χ3v) is 4.23. The van der Waals surface area contributed by atoms with Gasteiger partial charge >= 0.3 is 0 Å². The summed E-state index contributed by atoms with van der Waals surface area (Å²) in [7, 11) is 0. The minimum Gasteiger partial charge on any atom is -0.289 e. The Kier molecular flexibility index (Phi) is 4.99. The van der Waals surface area contributed by atoms with Crippen LogP contribution in [-0.2, 0) is 0 Å². The highest BCUT2D eigenvalue weighted by molar-refractivity contribution is 8.23. The Balaban J connectivity index is 2.17. The maximum absolute atomic E-state index is 11.9. The smallest absolute Gasteiger partial charge is 0.271 e. The molecule has 100 valence electrons. The summed E-state index contributed by atoms with van der Waals surface area (Å²) in [5, 5.41) is 3.07. The summed E-state index contributed by atoms with van der Waals surface area (Å²) in [5.74, 6) is 0.994. The lowest BCUT2D eigenvalue weighted by Crippen LogP contribution is -2.13. The first kappa shape index (κ1) is 14.1. The quantitative estimate of drug-likeness (QED) is 0.678. The van der Waals surface area contributed by atoms with Crippen molar-refractivity contribution >= 4 is 28.2 Å². The summed E-state index contributed by atoms with van der Waals surface area (Å²) in [4.78, 5) is 11.9. The van der Waals surface area contributed by atoms with Gasteiger partial charge in [0.1, 0.15) is 0 Å². The molecule has 0 aliphatic heterocycles. The molecule has 1 aromatic carbocycles. The van der Waals surface area contributed by atoms with E-state index in [4.69, 9.17) is 12.2 Å². The van der Waals surface area contributed by atoms with Crippen LogP contribution in [0.25, 0.3) is 5.69 Å². The molecule has 0 spiro atoms. The minimum absolute atomic E-state index is 0.0837. The molecule has 1 aromatic heterocycles. The Morgan fingerprint density at radius 2 is 2.11 bits per heavy atom. The predicted octanol–water partition coefficient (Wildman–Crippen LogP) is 3.37. The molecule has 0 amide bonds. The highest BCUT2D eigenvalue weighted by atomic mass is 32.2. The molecule has 0 atom stereocenters. The van der Waals surface area contributed by atoms with Crippen LogP contribution in [0.15, 0.2) is 41.2 Å². The molecule has 19 heavy (non-hydrogen) atoms. The molecule has 1 heterocycles. The number of rotatable bonds is 5. The van der Waals surface area contributed by atoms with E-state index in [9.17, 15) is 4.79 Å². The number of H-pyrrole nitrogens is 1. The van der Waals surface area contributed by atoms with E-state index in [1.54, 1.807) is 17.8 Å². The van der Waals surface area contributed by atoms with Crippen molar-refractivity contribution in [2.24, 2.45) is 0 Å². The number of unbranched alkanes of at least 4 members (excludes halogenated alkanes) is 1. The molecule has 3 nitrogen and oxygen atoms in total. The van der Waals surface area contributed by atoms with E-state index in [0.717, 1.165) is 34.2 Å². The summed E-state index contributed by atoms with van der Waals surface area (Å²) < 4.78 is 2.27. The van der Waals surface area contributed by atoms with Gasteiger partial charge < -0.3 is 0 Å². The fourth-order valence-electron chi connectivity index (χ4n) is 1.66. The number of thioether (sulfide) groups is 1. The molecule has 5 heteroatoms. The zero-order valence-corrected chi connectivity index (χ0v) is 12.4. The van der Waals surface area contributed by atoms with E-state index in [0.29, 0.717) is 0 Å². The molecule has 0 aliphatic carbocycles. The lowest BCUT2D eigenvalue weighted by molar-refractivity contribution is 0.847. The monoisotopic (exact) mass is 292 g/mol. The van der Waals surface area contributed by atoms with Crippen molar-refractivity contribution in [3.05, 3.63) is 52.4 Å². The average Bonchev–Trinajstić information content (AvgIpc) is 2.82. The van der Waals surface area contributed by atoms with Gasteiger partial charge in [0.25, 0.3) is 5.56 Å². The van der Waals surface area contributed by atoms with Crippen molar-refractivity contribution in [2.45, 2.75) is 19.8 Å². The normalized spacial score (nSPS) is 10.6. The van der Waals surface area contributed by atoms with Gasteiger partial charge in [-0.1, -0.05) is 43.8 Å². The Morgan fingerprint density at radius 1 is 1.37 bits per heavy atom. The number of nitrogens with one attached hydrogen (secondary N) is 1.